The first-order chi connectivity index (χ1) is 7.85. The molecule has 96 valence electrons. The standard InChI is InChI=1S/C16H32/c1-4-7-9-10-11-12-13-15-16(6-3)14-8-5-2/h6,16H,3-5,7-15H2,1-2H3. The maximum absolute atomic E-state index is 3.95. The molecule has 0 aromatic carbocycles. The van der Waals surface area contributed by atoms with Gasteiger partial charge in [-0.15, -0.1) is 6.58 Å². The molecule has 0 saturated carbocycles. The van der Waals surface area contributed by atoms with Gasteiger partial charge in [-0.25, -0.2) is 0 Å². The van der Waals surface area contributed by atoms with Crippen LogP contribution in [-0.4, -0.2) is 0 Å². The molecule has 0 aromatic heterocycles. The molecular formula is C16H32. The van der Waals surface area contributed by atoms with Crippen molar-refractivity contribution >= 4 is 0 Å². The van der Waals surface area contributed by atoms with Gasteiger partial charge in [0.05, 0.1) is 0 Å². The van der Waals surface area contributed by atoms with E-state index in [0.29, 0.717) is 0 Å². The Morgan fingerprint density at radius 1 is 0.750 bits per heavy atom. The minimum absolute atomic E-state index is 0.788. The topological polar surface area (TPSA) is 0 Å². The molecule has 1 unspecified atom stereocenters. The van der Waals surface area contributed by atoms with Crippen LogP contribution in [0.2, 0.25) is 0 Å². The van der Waals surface area contributed by atoms with Crippen LogP contribution in [0.5, 0.6) is 0 Å². The number of hydrogen-bond donors (Lipinski definition) is 0. The molecule has 0 nitrogen and oxygen atoms in total. The highest BCUT2D eigenvalue weighted by molar-refractivity contribution is 4.78. The lowest BCUT2D eigenvalue weighted by Gasteiger charge is -2.11. The normalized spacial score (nSPS) is 12.6. The van der Waals surface area contributed by atoms with Gasteiger partial charge in [0.1, 0.15) is 0 Å². The summed E-state index contributed by atoms with van der Waals surface area (Å²) < 4.78 is 0. The quantitative estimate of drug-likeness (QED) is 0.277. The molecule has 0 bridgehead atoms. The molecule has 0 aliphatic rings. The molecule has 1 atom stereocenters. The van der Waals surface area contributed by atoms with Crippen LogP contribution in [0.15, 0.2) is 12.7 Å². The fraction of sp³-hybridized carbons (Fsp3) is 0.875. The van der Waals surface area contributed by atoms with Gasteiger partial charge >= 0.3 is 0 Å². The van der Waals surface area contributed by atoms with Crippen LogP contribution < -0.4 is 0 Å². The van der Waals surface area contributed by atoms with Gasteiger partial charge in [-0.05, 0) is 18.8 Å². The Morgan fingerprint density at radius 2 is 1.25 bits per heavy atom. The average molecular weight is 224 g/mol. The van der Waals surface area contributed by atoms with Gasteiger partial charge in [0, 0.05) is 0 Å². The fourth-order valence-corrected chi connectivity index (χ4v) is 2.21. The van der Waals surface area contributed by atoms with Crippen LogP contribution in [0.25, 0.3) is 0 Å². The first-order valence-electron chi connectivity index (χ1n) is 7.47. The molecule has 0 spiro atoms. The van der Waals surface area contributed by atoms with Crippen molar-refractivity contribution in [1.82, 2.24) is 0 Å². The lowest BCUT2D eigenvalue weighted by Crippen LogP contribution is -1.96. The van der Waals surface area contributed by atoms with E-state index in [2.05, 4.69) is 26.5 Å². The van der Waals surface area contributed by atoms with E-state index < -0.39 is 0 Å². The van der Waals surface area contributed by atoms with E-state index in [-0.39, 0.29) is 0 Å². The number of rotatable bonds is 12. The van der Waals surface area contributed by atoms with Crippen molar-refractivity contribution in [3.63, 3.8) is 0 Å². The van der Waals surface area contributed by atoms with Gasteiger partial charge in [-0.1, -0.05) is 77.7 Å². The Morgan fingerprint density at radius 3 is 1.81 bits per heavy atom. The summed E-state index contributed by atoms with van der Waals surface area (Å²) in [5.41, 5.74) is 0. The van der Waals surface area contributed by atoms with Crippen molar-refractivity contribution in [2.24, 2.45) is 5.92 Å². The Kier molecular flexibility index (Phi) is 12.6. The van der Waals surface area contributed by atoms with E-state index in [9.17, 15) is 0 Å². The van der Waals surface area contributed by atoms with Crippen LogP contribution in [0.1, 0.15) is 84.5 Å². The molecule has 0 heteroatoms. The van der Waals surface area contributed by atoms with Crippen LogP contribution in [-0.2, 0) is 0 Å². The Bertz CT molecular complexity index is 137. The van der Waals surface area contributed by atoms with Crippen molar-refractivity contribution < 1.29 is 0 Å². The fourth-order valence-electron chi connectivity index (χ4n) is 2.21. The summed E-state index contributed by atoms with van der Waals surface area (Å²) in [6.07, 6.45) is 17.5. The molecule has 0 aromatic rings. The van der Waals surface area contributed by atoms with Crippen molar-refractivity contribution in [3.8, 4) is 0 Å². The summed E-state index contributed by atoms with van der Waals surface area (Å²) in [5.74, 6) is 0.788. The molecule has 0 radical (unpaired) electrons. The largest absolute Gasteiger partial charge is 0.103 e. The van der Waals surface area contributed by atoms with E-state index in [1.165, 1.54) is 70.6 Å². The summed E-state index contributed by atoms with van der Waals surface area (Å²) in [7, 11) is 0. The molecule has 0 amide bonds. The smallest absolute Gasteiger partial charge is 0.0236 e. The highest BCUT2D eigenvalue weighted by atomic mass is 14.1. The first-order valence-corrected chi connectivity index (χ1v) is 7.47. The molecule has 16 heavy (non-hydrogen) atoms. The summed E-state index contributed by atoms with van der Waals surface area (Å²) in [5, 5.41) is 0. The summed E-state index contributed by atoms with van der Waals surface area (Å²) >= 11 is 0. The molecule has 0 heterocycles. The van der Waals surface area contributed by atoms with Gasteiger partial charge in [0.2, 0.25) is 0 Å². The van der Waals surface area contributed by atoms with Crippen molar-refractivity contribution in [2.45, 2.75) is 84.5 Å². The number of allylic oxidation sites excluding steroid dienone is 1. The van der Waals surface area contributed by atoms with E-state index in [1.807, 2.05) is 0 Å². The van der Waals surface area contributed by atoms with E-state index in [0.717, 1.165) is 5.92 Å². The Hall–Kier alpha value is -0.260. The third kappa shape index (κ3) is 10.3. The Balaban J connectivity index is 3.24. The highest BCUT2D eigenvalue weighted by Gasteiger charge is 2.02. The van der Waals surface area contributed by atoms with Crippen LogP contribution >= 0.6 is 0 Å². The van der Waals surface area contributed by atoms with Crippen molar-refractivity contribution in [1.29, 1.82) is 0 Å². The average Bonchev–Trinajstić information content (AvgIpc) is 2.32. The predicted octanol–water partition coefficient (Wildman–Crippen LogP) is 6.12. The van der Waals surface area contributed by atoms with Gasteiger partial charge in [-0.3, -0.25) is 0 Å². The number of hydrogen-bond acceptors (Lipinski definition) is 0. The first kappa shape index (κ1) is 15.7. The van der Waals surface area contributed by atoms with E-state index in [1.54, 1.807) is 0 Å². The second-order valence-corrected chi connectivity index (χ2v) is 5.05. The SMILES string of the molecule is C=CC(CCCC)CCCCCCCCC. The van der Waals surface area contributed by atoms with Gasteiger partial charge in [0.25, 0.3) is 0 Å². The van der Waals surface area contributed by atoms with E-state index >= 15 is 0 Å². The molecule has 0 saturated heterocycles. The lowest BCUT2D eigenvalue weighted by molar-refractivity contribution is 0.478. The third-order valence-corrected chi connectivity index (χ3v) is 3.44. The Labute approximate surface area is 104 Å². The number of unbranched alkanes of at least 4 members (excludes halogenated alkanes) is 7. The summed E-state index contributed by atoms with van der Waals surface area (Å²) in [4.78, 5) is 0. The molecule has 0 aliphatic carbocycles. The third-order valence-electron chi connectivity index (χ3n) is 3.44. The minimum Gasteiger partial charge on any atom is -0.103 e. The molecule has 0 aliphatic heterocycles. The van der Waals surface area contributed by atoms with Crippen molar-refractivity contribution in [3.05, 3.63) is 12.7 Å². The second-order valence-electron chi connectivity index (χ2n) is 5.05. The minimum atomic E-state index is 0.788. The lowest BCUT2D eigenvalue weighted by atomic mass is 9.95. The van der Waals surface area contributed by atoms with Crippen LogP contribution in [0, 0.1) is 5.92 Å². The van der Waals surface area contributed by atoms with Crippen LogP contribution in [0.3, 0.4) is 0 Å². The zero-order chi connectivity index (χ0) is 12.1. The van der Waals surface area contributed by atoms with Crippen LogP contribution in [0.4, 0.5) is 0 Å². The van der Waals surface area contributed by atoms with Gasteiger partial charge in [-0.2, -0.15) is 0 Å². The van der Waals surface area contributed by atoms with Gasteiger partial charge < -0.3 is 0 Å². The highest BCUT2D eigenvalue weighted by Crippen LogP contribution is 2.18. The van der Waals surface area contributed by atoms with Crippen molar-refractivity contribution in [2.75, 3.05) is 0 Å². The predicted molar refractivity (Wildman–Crippen MR) is 75.8 cm³/mol. The maximum atomic E-state index is 3.95. The summed E-state index contributed by atoms with van der Waals surface area (Å²) in [6.45, 7) is 8.51. The molecule has 0 rings (SSSR count). The zero-order valence-electron chi connectivity index (χ0n) is 11.6. The maximum Gasteiger partial charge on any atom is -0.0236 e. The van der Waals surface area contributed by atoms with E-state index in [4.69, 9.17) is 0 Å². The second kappa shape index (κ2) is 12.8. The van der Waals surface area contributed by atoms with Gasteiger partial charge in [0.15, 0.2) is 0 Å². The zero-order valence-corrected chi connectivity index (χ0v) is 11.6. The summed E-state index contributed by atoms with van der Waals surface area (Å²) in [6, 6.07) is 0. The molecule has 0 fully saturated rings. The molecule has 0 N–H and O–H groups in total. The molecular weight excluding hydrogens is 192 g/mol. The monoisotopic (exact) mass is 224 g/mol.